The summed E-state index contributed by atoms with van der Waals surface area (Å²) in [7, 11) is 0. The number of aromatic nitrogens is 1. The van der Waals surface area contributed by atoms with Gasteiger partial charge in [-0.3, -0.25) is 4.79 Å². The Kier molecular flexibility index (Phi) is 3.07. The molecule has 2 nitrogen and oxygen atoms in total. The minimum atomic E-state index is -5.08. The average Bonchev–Trinajstić information content (AvgIpc) is 2.01. The van der Waals surface area contributed by atoms with Gasteiger partial charge < -0.3 is 0 Å². The van der Waals surface area contributed by atoms with Crippen molar-refractivity contribution in [1.82, 2.24) is 4.98 Å². The summed E-state index contributed by atoms with van der Waals surface area (Å²) in [4.78, 5) is 13.7. The number of pyridine rings is 1. The first-order chi connectivity index (χ1) is 6.34. The molecule has 1 heterocycles. The second-order valence-electron chi connectivity index (χ2n) is 2.29. The number of nitrogens with zero attached hydrogens (tertiary/aromatic N) is 1. The van der Waals surface area contributed by atoms with Crippen LogP contribution >= 0.6 is 22.6 Å². The van der Waals surface area contributed by atoms with Gasteiger partial charge in [0.1, 0.15) is 0 Å². The first-order valence-corrected chi connectivity index (χ1v) is 4.33. The zero-order valence-corrected chi connectivity index (χ0v) is 8.56. The van der Waals surface area contributed by atoms with Gasteiger partial charge in [0.15, 0.2) is 0 Å². The van der Waals surface area contributed by atoms with Crippen LogP contribution < -0.4 is 0 Å². The Morgan fingerprint density at radius 2 is 2.00 bits per heavy atom. The van der Waals surface area contributed by atoms with Crippen LogP contribution in [0.5, 0.6) is 0 Å². The Balaban J connectivity index is 3.26. The fourth-order valence-electron chi connectivity index (χ4n) is 0.758. The maximum atomic E-state index is 12.8. The van der Waals surface area contributed by atoms with E-state index in [4.69, 9.17) is 0 Å². The summed E-state index contributed by atoms with van der Waals surface area (Å²) in [6.45, 7) is 0. The fraction of sp³-hybridized carbons (Fsp3) is 0.143. The van der Waals surface area contributed by atoms with Crippen LogP contribution in [0.4, 0.5) is 17.6 Å². The number of Topliss-reactive ketones (excluding diaryl/α,β-unsaturated/α-hetero) is 1. The quantitative estimate of drug-likeness (QED) is 0.345. The number of alkyl halides is 3. The number of hydrogen-bond acceptors (Lipinski definition) is 2. The highest BCUT2D eigenvalue weighted by molar-refractivity contribution is 14.1. The fourth-order valence-corrected chi connectivity index (χ4v) is 1.39. The molecule has 1 rings (SSSR count). The third-order valence-corrected chi connectivity index (χ3v) is 2.24. The van der Waals surface area contributed by atoms with Crippen LogP contribution in [0, 0.1) is 9.52 Å². The lowest BCUT2D eigenvalue weighted by molar-refractivity contribution is -0.0888. The molecule has 0 aliphatic rings. The summed E-state index contributed by atoms with van der Waals surface area (Å²) in [5.74, 6) is -3.62. The smallest absolute Gasteiger partial charge is 0.284 e. The molecule has 0 N–H and O–H groups in total. The number of carbonyl (C=O) groups is 1. The maximum absolute atomic E-state index is 12.8. The monoisotopic (exact) mass is 319 g/mol. The van der Waals surface area contributed by atoms with E-state index in [1.165, 1.54) is 22.6 Å². The minimum absolute atomic E-state index is 0.113. The van der Waals surface area contributed by atoms with Crippen molar-refractivity contribution >= 4 is 28.4 Å². The first-order valence-electron chi connectivity index (χ1n) is 3.25. The van der Waals surface area contributed by atoms with Gasteiger partial charge in [0.2, 0.25) is 5.95 Å². The number of rotatable bonds is 1. The zero-order valence-electron chi connectivity index (χ0n) is 6.40. The lowest BCUT2D eigenvalue weighted by atomic mass is 10.2. The second-order valence-corrected chi connectivity index (χ2v) is 3.45. The number of ketones is 1. The molecule has 0 fully saturated rings. The molecule has 14 heavy (non-hydrogen) atoms. The Hall–Kier alpha value is -0.730. The van der Waals surface area contributed by atoms with Gasteiger partial charge in [-0.25, -0.2) is 4.98 Å². The zero-order chi connectivity index (χ0) is 10.9. The molecule has 0 atom stereocenters. The van der Waals surface area contributed by atoms with Gasteiger partial charge in [-0.2, -0.15) is 17.6 Å². The van der Waals surface area contributed by atoms with Crippen molar-refractivity contribution in [3.63, 3.8) is 0 Å². The Labute approximate surface area is 89.5 Å². The van der Waals surface area contributed by atoms with E-state index in [-0.39, 0.29) is 3.57 Å². The molecular formula is C7H2F4INO. The molecule has 0 saturated heterocycles. The van der Waals surface area contributed by atoms with E-state index in [0.29, 0.717) is 0 Å². The van der Waals surface area contributed by atoms with Gasteiger partial charge >= 0.3 is 6.18 Å². The minimum Gasteiger partial charge on any atom is -0.284 e. The Morgan fingerprint density at radius 1 is 1.43 bits per heavy atom. The van der Waals surface area contributed by atoms with Gasteiger partial charge in [0.25, 0.3) is 5.78 Å². The van der Waals surface area contributed by atoms with Crippen LogP contribution in [0.1, 0.15) is 10.4 Å². The summed E-state index contributed by atoms with van der Waals surface area (Å²) in [5.41, 5.74) is -1.03. The number of carbonyl (C=O) groups excluding carboxylic acids is 1. The first kappa shape index (κ1) is 11.3. The van der Waals surface area contributed by atoms with Crippen LogP contribution in [0.25, 0.3) is 0 Å². The van der Waals surface area contributed by atoms with E-state index in [1.807, 2.05) is 0 Å². The molecule has 0 amide bonds. The SMILES string of the molecule is O=C(c1c(I)ccnc1F)C(F)(F)F. The third-order valence-electron chi connectivity index (χ3n) is 1.34. The highest BCUT2D eigenvalue weighted by Crippen LogP contribution is 2.25. The standard InChI is InChI=1S/C7H2F4INO/c8-6-4(3(12)1-2-13-6)5(14)7(9,10)11/h1-2H. The molecule has 0 aliphatic heterocycles. The van der Waals surface area contributed by atoms with E-state index >= 15 is 0 Å². The molecule has 76 valence electrons. The Bertz CT molecular complexity index is 356. The normalized spacial score (nSPS) is 11.5. The third kappa shape index (κ3) is 2.20. The Morgan fingerprint density at radius 3 is 2.43 bits per heavy atom. The summed E-state index contributed by atoms with van der Waals surface area (Å²) in [6, 6.07) is 1.13. The van der Waals surface area contributed by atoms with E-state index in [1.54, 1.807) is 0 Å². The summed E-state index contributed by atoms with van der Waals surface area (Å²) < 4.78 is 48.5. The van der Waals surface area contributed by atoms with E-state index in [2.05, 4.69) is 4.98 Å². The summed E-state index contributed by atoms with van der Waals surface area (Å²) >= 11 is 1.44. The van der Waals surface area contributed by atoms with Crippen LogP contribution in [0.2, 0.25) is 0 Å². The lowest BCUT2D eigenvalue weighted by Gasteiger charge is -2.06. The highest BCUT2D eigenvalue weighted by atomic mass is 127. The predicted molar refractivity (Wildman–Crippen MR) is 47.3 cm³/mol. The lowest BCUT2D eigenvalue weighted by Crippen LogP contribution is -2.25. The maximum Gasteiger partial charge on any atom is 0.455 e. The molecular weight excluding hydrogens is 317 g/mol. The van der Waals surface area contributed by atoms with Crippen molar-refractivity contribution < 1.29 is 22.4 Å². The highest BCUT2D eigenvalue weighted by Gasteiger charge is 2.42. The second kappa shape index (κ2) is 3.79. The van der Waals surface area contributed by atoms with Gasteiger partial charge in [-0.1, -0.05) is 0 Å². The molecule has 1 aromatic heterocycles. The van der Waals surface area contributed by atoms with Crippen LogP contribution in [-0.4, -0.2) is 16.9 Å². The van der Waals surface area contributed by atoms with Crippen molar-refractivity contribution in [2.75, 3.05) is 0 Å². The van der Waals surface area contributed by atoms with E-state index in [0.717, 1.165) is 12.3 Å². The number of hydrogen-bond donors (Lipinski definition) is 0. The molecule has 0 spiro atoms. The van der Waals surface area contributed by atoms with Gasteiger partial charge in [0.05, 0.1) is 5.56 Å². The van der Waals surface area contributed by atoms with Crippen molar-refractivity contribution in [1.29, 1.82) is 0 Å². The summed E-state index contributed by atoms with van der Waals surface area (Å²) in [5, 5.41) is 0. The van der Waals surface area contributed by atoms with Crippen LogP contribution in [0.3, 0.4) is 0 Å². The van der Waals surface area contributed by atoms with E-state index < -0.39 is 23.5 Å². The van der Waals surface area contributed by atoms with Crippen molar-refractivity contribution in [2.24, 2.45) is 0 Å². The van der Waals surface area contributed by atoms with Crippen molar-refractivity contribution in [2.45, 2.75) is 6.18 Å². The van der Waals surface area contributed by atoms with E-state index in [9.17, 15) is 22.4 Å². The van der Waals surface area contributed by atoms with Crippen molar-refractivity contribution in [3.05, 3.63) is 27.3 Å². The van der Waals surface area contributed by atoms with Gasteiger partial charge in [-0.15, -0.1) is 0 Å². The average molecular weight is 319 g/mol. The molecule has 0 saturated carbocycles. The molecule has 1 aromatic rings. The molecule has 0 bridgehead atoms. The van der Waals surface area contributed by atoms with Crippen LogP contribution in [-0.2, 0) is 0 Å². The molecule has 0 aliphatic carbocycles. The predicted octanol–water partition coefficient (Wildman–Crippen LogP) is 2.57. The van der Waals surface area contributed by atoms with Gasteiger partial charge in [0, 0.05) is 9.77 Å². The van der Waals surface area contributed by atoms with Gasteiger partial charge in [-0.05, 0) is 28.7 Å². The molecule has 0 radical (unpaired) electrons. The molecule has 0 unspecified atom stereocenters. The topological polar surface area (TPSA) is 30.0 Å². The van der Waals surface area contributed by atoms with Crippen LogP contribution in [0.15, 0.2) is 12.3 Å². The number of halogens is 5. The molecule has 0 aromatic carbocycles. The summed E-state index contributed by atoms with van der Waals surface area (Å²) in [6.07, 6.45) is -4.09. The molecule has 7 heteroatoms. The van der Waals surface area contributed by atoms with Crippen molar-refractivity contribution in [3.8, 4) is 0 Å². The largest absolute Gasteiger partial charge is 0.455 e.